The zero-order chi connectivity index (χ0) is 24.5. The minimum absolute atomic E-state index is 0.372. The average molecular weight is 588 g/mol. The monoisotopic (exact) mass is 588 g/mol. The van der Waals surface area contributed by atoms with Crippen molar-refractivity contribution in [2.45, 2.75) is 30.4 Å². The fourth-order valence-electron chi connectivity index (χ4n) is 2.85. The van der Waals surface area contributed by atoms with Gasteiger partial charge in [0.25, 0.3) is 0 Å². The molecule has 0 aromatic heterocycles. The average Bonchev–Trinajstić information content (AvgIpc) is 2.69. The van der Waals surface area contributed by atoms with Gasteiger partial charge in [0.2, 0.25) is 0 Å². The number of hydrogen-bond acceptors (Lipinski definition) is 0. The topological polar surface area (TPSA) is 0 Å². The van der Waals surface area contributed by atoms with Gasteiger partial charge < -0.3 is 0 Å². The van der Waals surface area contributed by atoms with Crippen molar-refractivity contribution in [3.8, 4) is 0 Å². The lowest BCUT2D eigenvalue weighted by Crippen LogP contribution is -2.61. The van der Waals surface area contributed by atoms with Gasteiger partial charge in [0, 0.05) is 10.0 Å². The Bertz CT molecular complexity index is 911. The van der Waals surface area contributed by atoms with Gasteiger partial charge >= 0.3 is 23.9 Å². The van der Waals surface area contributed by atoms with Gasteiger partial charge in [-0.05, 0) is 47.4 Å². The van der Waals surface area contributed by atoms with Gasteiger partial charge in [-0.2, -0.15) is 39.5 Å². The Hall–Kier alpha value is -1.86. The van der Waals surface area contributed by atoms with Gasteiger partial charge in [-0.15, -0.1) is 0 Å². The van der Waals surface area contributed by atoms with E-state index in [-0.39, 0.29) is 15.6 Å². The molecule has 0 aliphatic carbocycles. The first-order valence-electron chi connectivity index (χ1n) is 8.59. The predicted octanol–water partition coefficient (Wildman–Crippen LogP) is 8.06. The number of hydrogen-bond donors (Lipinski definition) is 0. The van der Waals surface area contributed by atoms with Gasteiger partial charge in [-0.25, -0.2) is 8.78 Å². The van der Waals surface area contributed by atoms with Crippen LogP contribution in [0.25, 0.3) is 5.57 Å². The Labute approximate surface area is 188 Å². The molecule has 2 aromatic rings. The lowest BCUT2D eigenvalue weighted by molar-refractivity contribution is -0.389. The summed E-state index contributed by atoms with van der Waals surface area (Å²) in [5.41, 5.74) is -3.32. The van der Waals surface area contributed by atoms with E-state index < -0.39 is 53.1 Å². The molecule has 0 spiro atoms. The lowest BCUT2D eigenvalue weighted by Gasteiger charge is -2.36. The molecule has 12 heteroatoms. The normalized spacial score (nSPS) is 13.2. The van der Waals surface area contributed by atoms with Crippen LogP contribution in [0.4, 0.5) is 48.3 Å². The minimum atomic E-state index is -7.07. The van der Waals surface area contributed by atoms with Gasteiger partial charge in [-0.3, -0.25) is 0 Å². The second-order valence-corrected chi connectivity index (χ2v) is 7.61. The summed E-state index contributed by atoms with van der Waals surface area (Å²) in [5.74, 6) is -21.6. The quantitative estimate of drug-likeness (QED) is 0.175. The van der Waals surface area contributed by atoms with Crippen LogP contribution < -0.4 is 0 Å². The van der Waals surface area contributed by atoms with Gasteiger partial charge in [0.1, 0.15) is 11.6 Å². The van der Waals surface area contributed by atoms with E-state index in [1.165, 1.54) is 22.6 Å². The van der Waals surface area contributed by atoms with Crippen LogP contribution in [0.1, 0.15) is 17.5 Å². The molecule has 0 aliphatic heterocycles. The van der Waals surface area contributed by atoms with Crippen molar-refractivity contribution < 1.29 is 48.3 Å². The van der Waals surface area contributed by atoms with E-state index in [1.807, 2.05) is 0 Å². The molecular weight excluding hydrogens is 576 g/mol. The second kappa shape index (κ2) is 9.18. The molecule has 0 aliphatic rings. The zero-order valence-electron chi connectivity index (χ0n) is 15.6. The molecule has 2 aromatic carbocycles. The molecule has 2 rings (SSSR count). The van der Waals surface area contributed by atoms with E-state index in [2.05, 4.69) is 0 Å². The molecule has 0 nitrogen and oxygen atoms in total. The molecule has 0 saturated heterocycles. The smallest absolute Gasteiger partial charge is 0.207 e. The Kier molecular flexibility index (Phi) is 7.57. The minimum Gasteiger partial charge on any atom is -0.207 e. The Morgan fingerprint density at radius 1 is 0.625 bits per heavy atom. The van der Waals surface area contributed by atoms with Crippen LogP contribution in [0, 0.1) is 11.6 Å². The molecule has 0 atom stereocenters. The molecule has 0 amide bonds. The number of rotatable bonds is 7. The summed E-state index contributed by atoms with van der Waals surface area (Å²) < 4.78 is 149. The first-order valence-corrected chi connectivity index (χ1v) is 10.1. The summed E-state index contributed by atoms with van der Waals surface area (Å²) in [5, 5.41) is 0. The van der Waals surface area contributed by atoms with Crippen LogP contribution in [-0.2, 0) is 0 Å². The fraction of sp³-hybridized carbons (Fsp3) is 0.300. The fourth-order valence-corrected chi connectivity index (χ4v) is 3.39. The van der Waals surface area contributed by atoms with Gasteiger partial charge in [-0.1, -0.05) is 46.9 Å². The molecule has 0 bridgehead atoms. The summed E-state index contributed by atoms with van der Waals surface area (Å²) in [6.07, 6.45) is -8.00. The van der Waals surface area contributed by atoms with Gasteiger partial charge in [0.05, 0.1) is 0 Å². The van der Waals surface area contributed by atoms with E-state index in [9.17, 15) is 48.3 Å². The van der Waals surface area contributed by atoms with Crippen molar-refractivity contribution in [2.75, 3.05) is 4.43 Å². The highest BCUT2D eigenvalue weighted by Gasteiger charge is 2.82. The van der Waals surface area contributed by atoms with Crippen molar-refractivity contribution in [1.29, 1.82) is 0 Å². The molecule has 0 unspecified atom stereocenters. The van der Waals surface area contributed by atoms with Crippen LogP contribution in [0.3, 0.4) is 0 Å². The molecule has 176 valence electrons. The number of halogens is 12. The third kappa shape index (κ3) is 4.74. The number of alkyl halides is 10. The SMILES string of the molecule is Fc1ccc(C(=C(CCI)C(F)(F)C(F)(F)C(F)(F)C(F)(F)F)c2ccc(F)cc2)cc1. The standard InChI is InChI=1S/C20H12F11I/c21-13-5-1-11(2-6-13)16(12-3-7-14(22)8-4-12)15(9-10-32)17(23,24)18(25,26)19(27,28)20(29,30)31/h1-8H,9-10H2. The number of allylic oxidation sites excluding steroid dienone is 1. The van der Waals surface area contributed by atoms with Crippen molar-refractivity contribution in [1.82, 2.24) is 0 Å². The molecule has 0 saturated carbocycles. The Morgan fingerprint density at radius 3 is 1.31 bits per heavy atom. The maximum absolute atomic E-state index is 14.9. The molecule has 0 heterocycles. The van der Waals surface area contributed by atoms with E-state index in [0.29, 0.717) is 0 Å². The molecule has 0 radical (unpaired) electrons. The highest BCUT2D eigenvalue weighted by atomic mass is 127. The van der Waals surface area contributed by atoms with Gasteiger partial charge in [0.15, 0.2) is 0 Å². The summed E-state index contributed by atoms with van der Waals surface area (Å²) >= 11 is 1.45. The van der Waals surface area contributed by atoms with Crippen LogP contribution in [0.15, 0.2) is 54.1 Å². The first kappa shape index (κ1) is 26.4. The van der Waals surface area contributed by atoms with Crippen LogP contribution in [0.2, 0.25) is 0 Å². The molecule has 0 fully saturated rings. The highest BCUT2D eigenvalue weighted by Crippen LogP contribution is 2.57. The van der Waals surface area contributed by atoms with Crippen molar-refractivity contribution in [3.05, 3.63) is 76.9 Å². The molecular formula is C20H12F11I. The summed E-state index contributed by atoms with van der Waals surface area (Å²) in [4.78, 5) is 0. The molecule has 0 N–H and O–H groups in total. The van der Waals surface area contributed by atoms with Crippen LogP contribution in [0.5, 0.6) is 0 Å². The van der Waals surface area contributed by atoms with E-state index in [1.54, 1.807) is 0 Å². The van der Waals surface area contributed by atoms with E-state index >= 15 is 0 Å². The maximum Gasteiger partial charge on any atom is 0.460 e. The summed E-state index contributed by atoms with van der Waals surface area (Å²) in [7, 11) is 0. The van der Waals surface area contributed by atoms with Crippen molar-refractivity contribution >= 4 is 28.2 Å². The van der Waals surface area contributed by atoms with Crippen molar-refractivity contribution in [2.24, 2.45) is 0 Å². The third-order valence-corrected chi connectivity index (χ3v) is 4.98. The first-order chi connectivity index (χ1) is 14.6. The molecule has 32 heavy (non-hydrogen) atoms. The third-order valence-electron chi connectivity index (χ3n) is 4.44. The summed E-state index contributed by atoms with van der Waals surface area (Å²) in [6.45, 7) is 0. The van der Waals surface area contributed by atoms with E-state index in [4.69, 9.17) is 0 Å². The second-order valence-electron chi connectivity index (χ2n) is 6.53. The Morgan fingerprint density at radius 2 is 1.00 bits per heavy atom. The van der Waals surface area contributed by atoms with Crippen LogP contribution >= 0.6 is 22.6 Å². The maximum atomic E-state index is 14.9. The predicted molar refractivity (Wildman–Crippen MR) is 103 cm³/mol. The highest BCUT2D eigenvalue weighted by molar-refractivity contribution is 14.1. The van der Waals surface area contributed by atoms with E-state index in [0.717, 1.165) is 48.5 Å². The Balaban J connectivity index is 2.91. The zero-order valence-corrected chi connectivity index (χ0v) is 17.7. The number of benzene rings is 2. The largest absolute Gasteiger partial charge is 0.460 e. The summed E-state index contributed by atoms with van der Waals surface area (Å²) in [6, 6.07) is 6.44. The lowest BCUT2D eigenvalue weighted by atomic mass is 9.85. The van der Waals surface area contributed by atoms with Crippen molar-refractivity contribution in [3.63, 3.8) is 0 Å². The van der Waals surface area contributed by atoms with Crippen LogP contribution in [-0.4, -0.2) is 28.4 Å².